The first-order valence-electron chi connectivity index (χ1n) is 10.2. The molecule has 0 aliphatic carbocycles. The minimum absolute atomic E-state index is 0.0484. The van der Waals surface area contributed by atoms with Gasteiger partial charge in [0.25, 0.3) is 0 Å². The van der Waals surface area contributed by atoms with Crippen molar-refractivity contribution in [2.45, 2.75) is 17.9 Å². The van der Waals surface area contributed by atoms with Gasteiger partial charge >= 0.3 is 6.03 Å². The van der Waals surface area contributed by atoms with Gasteiger partial charge in [0.1, 0.15) is 12.4 Å². The van der Waals surface area contributed by atoms with Crippen molar-refractivity contribution >= 4 is 23.5 Å². The van der Waals surface area contributed by atoms with Crippen LogP contribution in [0.4, 0.5) is 10.5 Å². The largest absolute Gasteiger partial charge is 0.491 e. The zero-order valence-corrected chi connectivity index (χ0v) is 18.7. The lowest BCUT2D eigenvalue weighted by atomic mass is 10.2. The molecule has 2 unspecified atom stereocenters. The van der Waals surface area contributed by atoms with Crippen LogP contribution in [0.1, 0.15) is 5.56 Å². The lowest BCUT2D eigenvalue weighted by molar-refractivity contribution is 0.0889. The molecule has 0 aromatic heterocycles. The van der Waals surface area contributed by atoms with Gasteiger partial charge in [-0.1, -0.05) is 30.3 Å². The van der Waals surface area contributed by atoms with Crippen molar-refractivity contribution < 1.29 is 14.3 Å². The Hall–Kier alpha value is -2.22. The first kappa shape index (κ1) is 22.5. The second-order valence-corrected chi connectivity index (χ2v) is 8.63. The Morgan fingerprint density at radius 1 is 1.13 bits per heavy atom. The highest BCUT2D eigenvalue weighted by atomic mass is 32.2. The lowest BCUT2D eigenvalue weighted by Crippen LogP contribution is -2.38. The number of urea groups is 1. The zero-order valence-electron chi connectivity index (χ0n) is 17.9. The summed E-state index contributed by atoms with van der Waals surface area (Å²) in [4.78, 5) is 16.8. The monoisotopic (exact) mass is 429 g/mol. The van der Waals surface area contributed by atoms with E-state index in [1.807, 2.05) is 71.3 Å². The number of hydrogen-bond acceptors (Lipinski definition) is 5. The van der Waals surface area contributed by atoms with Gasteiger partial charge in [0.05, 0.1) is 13.2 Å². The molecule has 1 heterocycles. The Balaban J connectivity index is 1.44. The normalized spacial score (nSPS) is 18.6. The van der Waals surface area contributed by atoms with Gasteiger partial charge in [0.15, 0.2) is 0 Å². The number of thioether (sulfide) groups is 1. The molecule has 2 aromatic rings. The molecule has 6 nitrogen and oxygen atoms in total. The number of hydrogen-bond donors (Lipinski definition) is 1. The van der Waals surface area contributed by atoms with Crippen molar-refractivity contribution in [1.82, 2.24) is 9.80 Å². The van der Waals surface area contributed by atoms with Crippen LogP contribution in [0.25, 0.3) is 0 Å². The molecule has 7 heteroatoms. The fraction of sp³-hybridized carbons (Fsp3) is 0.435. The summed E-state index contributed by atoms with van der Waals surface area (Å²) < 4.78 is 11.3. The number of amides is 2. The number of anilines is 1. The molecule has 2 atom stereocenters. The minimum Gasteiger partial charge on any atom is -0.491 e. The van der Waals surface area contributed by atoms with Crippen LogP contribution < -0.4 is 10.1 Å². The zero-order chi connectivity index (χ0) is 21.3. The van der Waals surface area contributed by atoms with Gasteiger partial charge in [-0.15, -0.1) is 0 Å². The number of rotatable bonds is 9. The fourth-order valence-corrected chi connectivity index (χ4v) is 4.49. The average molecular weight is 430 g/mol. The molecule has 162 valence electrons. The molecule has 1 fully saturated rings. The fourth-order valence-electron chi connectivity index (χ4n) is 3.52. The van der Waals surface area contributed by atoms with Crippen LogP contribution in [-0.4, -0.2) is 73.8 Å². The highest BCUT2D eigenvalue weighted by molar-refractivity contribution is 7.99. The van der Waals surface area contributed by atoms with E-state index < -0.39 is 0 Å². The van der Waals surface area contributed by atoms with Gasteiger partial charge in [-0.25, -0.2) is 4.79 Å². The number of nitrogens with one attached hydrogen (secondary N) is 1. The third-order valence-electron chi connectivity index (χ3n) is 5.18. The summed E-state index contributed by atoms with van der Waals surface area (Å²) in [6.45, 7) is 2.98. The van der Waals surface area contributed by atoms with Crippen LogP contribution in [0.3, 0.4) is 0 Å². The molecule has 0 saturated carbocycles. The van der Waals surface area contributed by atoms with Gasteiger partial charge in [-0.3, -0.25) is 0 Å². The molecule has 30 heavy (non-hydrogen) atoms. The molecule has 2 aromatic carbocycles. The maximum Gasteiger partial charge on any atom is 0.321 e. The predicted octanol–water partition coefficient (Wildman–Crippen LogP) is 3.79. The first-order chi connectivity index (χ1) is 14.6. The maximum absolute atomic E-state index is 12.7. The van der Waals surface area contributed by atoms with E-state index in [0.29, 0.717) is 31.1 Å². The average Bonchev–Trinajstić information content (AvgIpc) is 3.20. The van der Waals surface area contributed by atoms with Crippen LogP contribution >= 0.6 is 11.8 Å². The van der Waals surface area contributed by atoms with Gasteiger partial charge in [0, 0.05) is 30.1 Å². The molecular weight excluding hydrogens is 398 g/mol. The van der Waals surface area contributed by atoms with Crippen molar-refractivity contribution in [3.05, 3.63) is 60.2 Å². The molecule has 1 aliphatic heterocycles. The quantitative estimate of drug-likeness (QED) is 0.615. The van der Waals surface area contributed by atoms with Crippen molar-refractivity contribution in [3.8, 4) is 5.75 Å². The van der Waals surface area contributed by atoms with Crippen molar-refractivity contribution in [1.29, 1.82) is 0 Å². The number of likely N-dealkylation sites (tertiary alicyclic amines) is 1. The lowest BCUT2D eigenvalue weighted by Gasteiger charge is -2.23. The summed E-state index contributed by atoms with van der Waals surface area (Å²) in [7, 11) is 4.15. The van der Waals surface area contributed by atoms with E-state index in [9.17, 15) is 4.79 Å². The summed E-state index contributed by atoms with van der Waals surface area (Å²) in [6.07, 6.45) is 2.11. The van der Waals surface area contributed by atoms with Crippen molar-refractivity contribution in [3.63, 3.8) is 0 Å². The van der Waals surface area contributed by atoms with E-state index in [2.05, 4.69) is 30.6 Å². The number of carbonyl (C=O) groups excluding carboxylic acids is 1. The summed E-state index contributed by atoms with van der Waals surface area (Å²) in [6, 6.07) is 17.8. The number of carbonyl (C=O) groups is 1. The molecule has 0 spiro atoms. The molecule has 1 N–H and O–H groups in total. The third-order valence-corrected chi connectivity index (χ3v) is 6.25. The molecular formula is C23H31N3O3S. The van der Waals surface area contributed by atoms with Crippen LogP contribution in [0.5, 0.6) is 5.75 Å². The van der Waals surface area contributed by atoms with Gasteiger partial charge < -0.3 is 24.6 Å². The third kappa shape index (κ3) is 6.39. The Morgan fingerprint density at radius 2 is 1.93 bits per heavy atom. The molecule has 0 radical (unpaired) electrons. The maximum atomic E-state index is 12.7. The van der Waals surface area contributed by atoms with E-state index in [1.54, 1.807) is 0 Å². The Bertz CT molecular complexity index is 803. The highest BCUT2D eigenvalue weighted by Crippen LogP contribution is 2.24. The topological polar surface area (TPSA) is 54.0 Å². The van der Waals surface area contributed by atoms with Gasteiger partial charge in [-0.05, 0) is 50.2 Å². The molecule has 0 bridgehead atoms. The molecule has 1 aliphatic rings. The first-order valence-corrected chi connectivity index (χ1v) is 11.5. The Morgan fingerprint density at radius 3 is 2.63 bits per heavy atom. The summed E-state index contributed by atoms with van der Waals surface area (Å²) >= 11 is 1.82. The second-order valence-electron chi connectivity index (χ2n) is 7.55. The number of para-hydroxylation sites is 1. The summed E-state index contributed by atoms with van der Waals surface area (Å²) in [5.41, 5.74) is 1.80. The van der Waals surface area contributed by atoms with Crippen LogP contribution in [0.15, 0.2) is 54.6 Å². The smallest absolute Gasteiger partial charge is 0.321 e. The molecule has 2 amide bonds. The van der Waals surface area contributed by atoms with Crippen LogP contribution in [-0.2, 0) is 11.3 Å². The minimum atomic E-state index is -0.0484. The standard InChI is InChI=1S/C23H31N3O3S/c1-25(2)21-15-26(16-22(21)30-3)23(27)24-19-9-7-8-18(14-19)17-28-12-13-29-20-10-5-4-6-11-20/h4-11,14,21-22H,12-13,15-17H2,1-3H3,(H,24,27). The van der Waals surface area contributed by atoms with Crippen molar-refractivity contribution in [2.75, 3.05) is 52.0 Å². The van der Waals surface area contributed by atoms with E-state index >= 15 is 0 Å². The predicted molar refractivity (Wildman–Crippen MR) is 123 cm³/mol. The van der Waals surface area contributed by atoms with Crippen molar-refractivity contribution in [2.24, 2.45) is 0 Å². The van der Waals surface area contributed by atoms with Gasteiger partial charge in [0.2, 0.25) is 0 Å². The summed E-state index contributed by atoms with van der Waals surface area (Å²) in [5.74, 6) is 0.841. The number of benzene rings is 2. The number of likely N-dealkylation sites (N-methyl/N-ethyl adjacent to an activating group) is 1. The highest BCUT2D eigenvalue weighted by Gasteiger charge is 2.35. The second kappa shape index (κ2) is 11.2. The van der Waals surface area contributed by atoms with E-state index in [1.165, 1.54) is 0 Å². The molecule has 3 rings (SSSR count). The van der Waals surface area contributed by atoms with E-state index in [-0.39, 0.29) is 6.03 Å². The SMILES string of the molecule is CSC1CN(C(=O)Nc2cccc(COCCOc3ccccc3)c2)CC1N(C)C. The Kier molecular flexibility index (Phi) is 8.42. The Labute approximate surface area is 183 Å². The van der Waals surface area contributed by atoms with E-state index in [0.717, 1.165) is 30.1 Å². The summed E-state index contributed by atoms with van der Waals surface area (Å²) in [5, 5.41) is 3.46. The molecule has 1 saturated heterocycles. The van der Waals surface area contributed by atoms with Crippen LogP contribution in [0.2, 0.25) is 0 Å². The number of ether oxygens (including phenoxy) is 2. The number of nitrogens with zero attached hydrogens (tertiary/aromatic N) is 2. The van der Waals surface area contributed by atoms with Crippen LogP contribution in [0, 0.1) is 0 Å². The van der Waals surface area contributed by atoms with Gasteiger partial charge in [-0.2, -0.15) is 11.8 Å². The van der Waals surface area contributed by atoms with E-state index in [4.69, 9.17) is 9.47 Å².